The predicted octanol–water partition coefficient (Wildman–Crippen LogP) is 2.72. The summed E-state index contributed by atoms with van der Waals surface area (Å²) in [6.45, 7) is 17.6. The van der Waals surface area contributed by atoms with Crippen LogP contribution in [0.4, 0.5) is 13.2 Å². The van der Waals surface area contributed by atoms with E-state index in [4.69, 9.17) is 19.7 Å². The molecule has 0 amide bonds. The average Bonchev–Trinajstić information content (AvgIpc) is 2.56. The summed E-state index contributed by atoms with van der Waals surface area (Å²) in [5.74, 6) is -3.65. The van der Waals surface area contributed by atoms with Gasteiger partial charge in [-0.15, -0.1) is 0 Å². The van der Waals surface area contributed by atoms with Crippen LogP contribution in [0.25, 0.3) is 0 Å². The maximum atomic E-state index is 11.3. The van der Waals surface area contributed by atoms with Crippen LogP contribution in [0.1, 0.15) is 48.5 Å². The van der Waals surface area contributed by atoms with Crippen molar-refractivity contribution in [3.63, 3.8) is 0 Å². The number of carbonyl (C=O) groups excluding carboxylic acids is 1. The molecule has 0 radical (unpaired) electrons. The van der Waals surface area contributed by atoms with Crippen LogP contribution in [-0.2, 0) is 19.1 Å². The van der Waals surface area contributed by atoms with Gasteiger partial charge in [-0.2, -0.15) is 13.2 Å². The molecule has 0 aliphatic heterocycles. The standard InChI is InChI=1S/C10H21NO2.C6H13NO2.C2HF3O2/c1-6-11(7-2)8-9(12)13-10(3,4)5;1-3-7(4-2)5-6(8)9;3-2(4,5)1(6)7/h6-8H2,1-5H3;3-5H2,1-2H3,(H,8,9);(H,6,7). The fourth-order valence-electron chi connectivity index (χ4n) is 1.64. The Bertz CT molecular complexity index is 471. The summed E-state index contributed by atoms with van der Waals surface area (Å²) in [6.07, 6.45) is -5.08. The van der Waals surface area contributed by atoms with E-state index in [0.29, 0.717) is 6.54 Å². The first-order valence-electron chi connectivity index (χ1n) is 9.22. The first-order valence-corrected chi connectivity index (χ1v) is 9.22. The highest BCUT2D eigenvalue weighted by Crippen LogP contribution is 2.13. The molecule has 0 saturated heterocycles. The molecule has 0 fully saturated rings. The number of carboxylic acid groups (broad SMARTS) is 2. The molecule has 174 valence electrons. The molecule has 2 N–H and O–H groups in total. The van der Waals surface area contributed by atoms with Gasteiger partial charge in [0, 0.05) is 0 Å². The van der Waals surface area contributed by atoms with E-state index in [0.717, 1.165) is 26.2 Å². The van der Waals surface area contributed by atoms with Crippen molar-refractivity contribution in [1.29, 1.82) is 0 Å². The highest BCUT2D eigenvalue weighted by atomic mass is 19.4. The van der Waals surface area contributed by atoms with Crippen LogP contribution in [0.15, 0.2) is 0 Å². The number of likely N-dealkylation sites (N-methyl/N-ethyl adjacent to an activating group) is 2. The van der Waals surface area contributed by atoms with Gasteiger partial charge in [-0.05, 0) is 47.0 Å². The van der Waals surface area contributed by atoms with E-state index >= 15 is 0 Å². The number of ether oxygens (including phenoxy) is 1. The second-order valence-electron chi connectivity index (χ2n) is 6.71. The maximum Gasteiger partial charge on any atom is 0.490 e. The van der Waals surface area contributed by atoms with Crippen molar-refractivity contribution in [2.75, 3.05) is 39.3 Å². The molecule has 0 aromatic rings. The first-order chi connectivity index (χ1) is 13.0. The van der Waals surface area contributed by atoms with Crippen LogP contribution in [0, 0.1) is 0 Å². The summed E-state index contributed by atoms with van der Waals surface area (Å²) in [7, 11) is 0. The van der Waals surface area contributed by atoms with Gasteiger partial charge in [-0.1, -0.05) is 27.7 Å². The number of hydrogen-bond acceptors (Lipinski definition) is 6. The Labute approximate surface area is 170 Å². The van der Waals surface area contributed by atoms with Gasteiger partial charge in [0.2, 0.25) is 0 Å². The number of aliphatic carboxylic acids is 2. The molecule has 0 aliphatic rings. The summed E-state index contributed by atoms with van der Waals surface area (Å²) >= 11 is 0. The van der Waals surface area contributed by atoms with Gasteiger partial charge in [0.1, 0.15) is 5.60 Å². The molecule has 0 heterocycles. The third-order valence-corrected chi connectivity index (χ3v) is 3.16. The Morgan fingerprint density at radius 3 is 1.28 bits per heavy atom. The van der Waals surface area contributed by atoms with Crippen LogP contribution in [0.2, 0.25) is 0 Å². The molecule has 0 aliphatic carbocycles. The molecule has 0 bridgehead atoms. The number of rotatable bonds is 8. The summed E-state index contributed by atoms with van der Waals surface area (Å²) in [4.78, 5) is 34.2. The number of hydrogen-bond donors (Lipinski definition) is 2. The molecule has 0 atom stereocenters. The Morgan fingerprint density at radius 1 is 0.793 bits per heavy atom. The van der Waals surface area contributed by atoms with Crippen LogP contribution in [-0.4, -0.2) is 89.0 Å². The number of halogens is 3. The molecule has 0 spiro atoms. The van der Waals surface area contributed by atoms with Crippen LogP contribution >= 0.6 is 0 Å². The van der Waals surface area contributed by atoms with Crippen molar-refractivity contribution in [2.45, 2.75) is 60.2 Å². The lowest BCUT2D eigenvalue weighted by molar-refractivity contribution is -0.192. The molecule has 0 rings (SSSR count). The molecule has 29 heavy (non-hydrogen) atoms. The van der Waals surface area contributed by atoms with Crippen LogP contribution in [0.5, 0.6) is 0 Å². The minimum atomic E-state index is -5.08. The van der Waals surface area contributed by atoms with E-state index in [9.17, 15) is 22.8 Å². The van der Waals surface area contributed by atoms with Gasteiger partial charge in [-0.25, -0.2) is 4.79 Å². The van der Waals surface area contributed by atoms with Gasteiger partial charge < -0.3 is 14.9 Å². The van der Waals surface area contributed by atoms with E-state index in [1.54, 1.807) is 0 Å². The highest BCUT2D eigenvalue weighted by molar-refractivity contribution is 5.73. The number of carbonyl (C=O) groups is 3. The van der Waals surface area contributed by atoms with Gasteiger partial charge in [0.25, 0.3) is 0 Å². The minimum Gasteiger partial charge on any atom is -0.480 e. The Hall–Kier alpha value is -1.88. The van der Waals surface area contributed by atoms with Gasteiger partial charge in [0.15, 0.2) is 0 Å². The maximum absolute atomic E-state index is 11.3. The fraction of sp³-hybridized carbons (Fsp3) is 0.833. The lowest BCUT2D eigenvalue weighted by Gasteiger charge is -2.23. The number of carboxylic acids is 2. The van der Waals surface area contributed by atoms with Crippen molar-refractivity contribution < 1.29 is 42.5 Å². The molecule has 0 saturated carbocycles. The number of esters is 1. The lowest BCUT2D eigenvalue weighted by atomic mass is 10.2. The molecular formula is C18H35F3N2O6. The molecular weight excluding hydrogens is 397 g/mol. The number of nitrogens with zero attached hydrogens (tertiary/aromatic N) is 2. The van der Waals surface area contributed by atoms with E-state index in [1.807, 2.05) is 58.3 Å². The average molecular weight is 432 g/mol. The van der Waals surface area contributed by atoms with Gasteiger partial charge in [-0.3, -0.25) is 19.4 Å². The van der Waals surface area contributed by atoms with Crippen molar-refractivity contribution in [3.8, 4) is 0 Å². The summed E-state index contributed by atoms with van der Waals surface area (Å²) < 4.78 is 36.9. The molecule has 11 heteroatoms. The summed E-state index contributed by atoms with van der Waals surface area (Å²) in [5.41, 5.74) is -0.371. The minimum absolute atomic E-state index is 0.142. The smallest absolute Gasteiger partial charge is 0.480 e. The zero-order valence-electron chi connectivity index (χ0n) is 18.3. The predicted molar refractivity (Wildman–Crippen MR) is 103 cm³/mol. The fourth-order valence-corrected chi connectivity index (χ4v) is 1.64. The van der Waals surface area contributed by atoms with Crippen molar-refractivity contribution in [2.24, 2.45) is 0 Å². The zero-order valence-corrected chi connectivity index (χ0v) is 18.3. The summed E-state index contributed by atoms with van der Waals surface area (Å²) in [5, 5.41) is 15.4. The third kappa shape index (κ3) is 24.1. The van der Waals surface area contributed by atoms with Crippen LogP contribution < -0.4 is 0 Å². The molecule has 0 aromatic carbocycles. The SMILES string of the molecule is CCN(CC)CC(=O)O.CCN(CC)CC(=O)OC(C)(C)C.O=C(O)C(F)(F)F. The molecule has 8 nitrogen and oxygen atoms in total. The Kier molecular flexibility index (Phi) is 17.5. The second-order valence-corrected chi connectivity index (χ2v) is 6.71. The quantitative estimate of drug-likeness (QED) is 0.564. The second kappa shape index (κ2) is 16.0. The van der Waals surface area contributed by atoms with Gasteiger partial charge >= 0.3 is 24.1 Å². The number of alkyl halides is 3. The lowest BCUT2D eigenvalue weighted by Crippen LogP contribution is -2.34. The normalized spacial score (nSPS) is 11.2. The van der Waals surface area contributed by atoms with Crippen molar-refractivity contribution in [3.05, 3.63) is 0 Å². The zero-order chi connectivity index (χ0) is 23.8. The highest BCUT2D eigenvalue weighted by Gasteiger charge is 2.38. The molecule has 0 aromatic heterocycles. The topological polar surface area (TPSA) is 107 Å². The summed E-state index contributed by atoms with van der Waals surface area (Å²) in [6, 6.07) is 0. The molecule has 0 unspecified atom stereocenters. The Morgan fingerprint density at radius 2 is 1.10 bits per heavy atom. The first kappa shape index (κ1) is 31.8. The van der Waals surface area contributed by atoms with E-state index in [-0.39, 0.29) is 18.1 Å². The Balaban J connectivity index is -0.000000370. The van der Waals surface area contributed by atoms with Crippen molar-refractivity contribution >= 4 is 17.9 Å². The third-order valence-electron chi connectivity index (χ3n) is 3.16. The van der Waals surface area contributed by atoms with Crippen molar-refractivity contribution in [1.82, 2.24) is 9.80 Å². The van der Waals surface area contributed by atoms with E-state index < -0.39 is 18.1 Å². The van der Waals surface area contributed by atoms with E-state index in [1.165, 1.54) is 0 Å². The van der Waals surface area contributed by atoms with E-state index in [2.05, 4.69) is 0 Å². The van der Waals surface area contributed by atoms with Crippen LogP contribution in [0.3, 0.4) is 0 Å². The van der Waals surface area contributed by atoms with Gasteiger partial charge in [0.05, 0.1) is 13.1 Å². The largest absolute Gasteiger partial charge is 0.490 e. The monoisotopic (exact) mass is 432 g/mol.